The van der Waals surface area contributed by atoms with Crippen LogP contribution in [0.2, 0.25) is 5.02 Å². The molecule has 0 saturated carbocycles. The maximum Gasteiger partial charge on any atom is 0.179 e. The Morgan fingerprint density at radius 1 is 1.19 bits per heavy atom. The van der Waals surface area contributed by atoms with Crippen molar-refractivity contribution in [2.24, 2.45) is 0 Å². The predicted octanol–water partition coefficient (Wildman–Crippen LogP) is 2.74. The van der Waals surface area contributed by atoms with Crippen molar-refractivity contribution in [2.75, 3.05) is 6.26 Å². The molecule has 0 saturated heterocycles. The van der Waals surface area contributed by atoms with Crippen LogP contribution in [-0.2, 0) is 9.84 Å². The molecule has 5 heteroatoms. The number of aromatic nitrogens is 1. The van der Waals surface area contributed by atoms with Crippen LogP contribution in [0, 0.1) is 0 Å². The largest absolute Gasteiger partial charge is 0.359 e. The smallest absolute Gasteiger partial charge is 0.179 e. The van der Waals surface area contributed by atoms with E-state index in [0.29, 0.717) is 5.69 Å². The number of nitrogens with one attached hydrogen (secondary N) is 1. The van der Waals surface area contributed by atoms with E-state index >= 15 is 0 Å². The molecule has 1 N–H and O–H groups in total. The Morgan fingerprint density at radius 3 is 2.38 bits per heavy atom. The average molecular weight is 256 g/mol. The van der Waals surface area contributed by atoms with Crippen molar-refractivity contribution < 1.29 is 8.42 Å². The van der Waals surface area contributed by atoms with Gasteiger partial charge in [0.1, 0.15) is 4.90 Å². The summed E-state index contributed by atoms with van der Waals surface area (Å²) < 4.78 is 23.2. The Hall–Kier alpha value is -1.26. The minimum Gasteiger partial charge on any atom is -0.359 e. The Balaban J connectivity index is 2.69. The third kappa shape index (κ3) is 1.99. The summed E-state index contributed by atoms with van der Waals surface area (Å²) in [6.45, 7) is 0. The summed E-state index contributed by atoms with van der Waals surface area (Å²) in [5.41, 5.74) is 1.34. The topological polar surface area (TPSA) is 49.9 Å². The number of H-pyrrole nitrogens is 1. The van der Waals surface area contributed by atoms with E-state index in [4.69, 9.17) is 11.6 Å². The molecule has 0 fully saturated rings. The van der Waals surface area contributed by atoms with Crippen LogP contribution in [0.3, 0.4) is 0 Å². The van der Waals surface area contributed by atoms with E-state index in [-0.39, 0.29) is 9.92 Å². The zero-order chi connectivity index (χ0) is 11.8. The van der Waals surface area contributed by atoms with Crippen molar-refractivity contribution in [3.63, 3.8) is 0 Å². The van der Waals surface area contributed by atoms with Gasteiger partial charge in [-0.05, 0) is 5.56 Å². The van der Waals surface area contributed by atoms with Crippen molar-refractivity contribution in [3.8, 4) is 11.3 Å². The Labute approximate surface area is 99.0 Å². The van der Waals surface area contributed by atoms with Crippen molar-refractivity contribution in [2.45, 2.75) is 4.90 Å². The number of halogens is 1. The van der Waals surface area contributed by atoms with Gasteiger partial charge in [-0.1, -0.05) is 41.9 Å². The van der Waals surface area contributed by atoms with Gasteiger partial charge in [-0.15, -0.1) is 0 Å². The van der Waals surface area contributed by atoms with E-state index in [1.165, 1.54) is 6.20 Å². The standard InChI is InChI=1S/C11H10ClNO2S/c1-16(14,15)11-9(12)7-13-10(11)8-5-3-2-4-6-8/h2-7,13H,1H3. The van der Waals surface area contributed by atoms with Crippen LogP contribution in [-0.4, -0.2) is 19.7 Å². The lowest BCUT2D eigenvalue weighted by molar-refractivity contribution is 0.602. The molecule has 2 rings (SSSR count). The molecule has 1 heterocycles. The molecule has 0 unspecified atom stereocenters. The fourth-order valence-corrected chi connectivity index (χ4v) is 3.10. The zero-order valence-electron chi connectivity index (χ0n) is 8.57. The molecule has 1 aromatic heterocycles. The molecule has 0 aliphatic heterocycles. The van der Waals surface area contributed by atoms with Gasteiger partial charge in [0.15, 0.2) is 9.84 Å². The average Bonchev–Trinajstić information content (AvgIpc) is 2.61. The third-order valence-electron chi connectivity index (χ3n) is 2.22. The molecular formula is C11H10ClNO2S. The first-order chi connectivity index (χ1) is 7.50. The quantitative estimate of drug-likeness (QED) is 0.897. The van der Waals surface area contributed by atoms with E-state index in [0.717, 1.165) is 11.8 Å². The maximum absolute atomic E-state index is 11.6. The summed E-state index contributed by atoms with van der Waals surface area (Å²) in [6.07, 6.45) is 2.63. The minimum atomic E-state index is -3.33. The lowest BCUT2D eigenvalue weighted by atomic mass is 10.2. The molecule has 0 atom stereocenters. The van der Waals surface area contributed by atoms with Crippen LogP contribution in [0.4, 0.5) is 0 Å². The van der Waals surface area contributed by atoms with Crippen LogP contribution < -0.4 is 0 Å². The number of sulfone groups is 1. The minimum absolute atomic E-state index is 0.153. The van der Waals surface area contributed by atoms with Gasteiger partial charge in [-0.3, -0.25) is 0 Å². The zero-order valence-corrected chi connectivity index (χ0v) is 10.1. The SMILES string of the molecule is CS(=O)(=O)c1c(Cl)c[nH]c1-c1ccccc1. The van der Waals surface area contributed by atoms with E-state index in [2.05, 4.69) is 4.98 Å². The molecule has 0 amide bonds. The van der Waals surface area contributed by atoms with E-state index < -0.39 is 9.84 Å². The molecule has 0 radical (unpaired) electrons. The first-order valence-electron chi connectivity index (χ1n) is 4.62. The molecule has 0 bridgehead atoms. The van der Waals surface area contributed by atoms with Crippen LogP contribution >= 0.6 is 11.6 Å². The highest BCUT2D eigenvalue weighted by molar-refractivity contribution is 7.91. The Morgan fingerprint density at radius 2 is 1.81 bits per heavy atom. The van der Waals surface area contributed by atoms with Gasteiger partial charge >= 0.3 is 0 Å². The van der Waals surface area contributed by atoms with Crippen LogP contribution in [0.1, 0.15) is 0 Å². The van der Waals surface area contributed by atoms with Gasteiger partial charge in [0, 0.05) is 12.5 Å². The van der Waals surface area contributed by atoms with Gasteiger partial charge in [-0.25, -0.2) is 8.42 Å². The number of hydrogen-bond donors (Lipinski definition) is 1. The second kappa shape index (κ2) is 3.96. The van der Waals surface area contributed by atoms with E-state index in [1.807, 2.05) is 30.3 Å². The van der Waals surface area contributed by atoms with Crippen molar-refractivity contribution in [3.05, 3.63) is 41.6 Å². The van der Waals surface area contributed by atoms with E-state index in [1.54, 1.807) is 0 Å². The summed E-state index contributed by atoms with van der Waals surface area (Å²) in [5, 5.41) is 0.223. The fourth-order valence-electron chi connectivity index (χ4n) is 1.57. The molecule has 84 valence electrons. The monoisotopic (exact) mass is 255 g/mol. The Kier molecular flexibility index (Phi) is 2.78. The molecule has 1 aromatic carbocycles. The second-order valence-corrected chi connectivity index (χ2v) is 5.84. The molecular weight excluding hydrogens is 246 g/mol. The lowest BCUT2D eigenvalue weighted by Crippen LogP contribution is -1.98. The van der Waals surface area contributed by atoms with Crippen molar-refractivity contribution in [1.82, 2.24) is 4.98 Å². The first kappa shape index (κ1) is 11.2. The normalized spacial score (nSPS) is 11.6. The summed E-state index contributed by atoms with van der Waals surface area (Å²) in [7, 11) is -3.33. The van der Waals surface area contributed by atoms with Gasteiger partial charge < -0.3 is 4.98 Å². The number of hydrogen-bond acceptors (Lipinski definition) is 2. The summed E-state index contributed by atoms with van der Waals surface area (Å²) >= 11 is 5.87. The summed E-state index contributed by atoms with van der Waals surface area (Å²) in [6, 6.07) is 9.22. The number of rotatable bonds is 2. The molecule has 0 spiro atoms. The molecule has 2 aromatic rings. The van der Waals surface area contributed by atoms with Crippen LogP contribution in [0.15, 0.2) is 41.4 Å². The number of benzene rings is 1. The second-order valence-electron chi connectivity index (χ2n) is 3.48. The van der Waals surface area contributed by atoms with Crippen LogP contribution in [0.25, 0.3) is 11.3 Å². The van der Waals surface area contributed by atoms with Crippen LogP contribution in [0.5, 0.6) is 0 Å². The third-order valence-corrected chi connectivity index (χ3v) is 3.80. The van der Waals surface area contributed by atoms with Crippen molar-refractivity contribution >= 4 is 21.4 Å². The fraction of sp³-hybridized carbons (Fsp3) is 0.0909. The van der Waals surface area contributed by atoms with Gasteiger partial charge in [0.05, 0.1) is 10.7 Å². The Bertz CT molecular complexity index is 602. The van der Waals surface area contributed by atoms with Gasteiger partial charge in [0.25, 0.3) is 0 Å². The van der Waals surface area contributed by atoms with Gasteiger partial charge in [0.2, 0.25) is 0 Å². The summed E-state index contributed by atoms with van der Waals surface area (Å²) in [5.74, 6) is 0. The number of aromatic amines is 1. The maximum atomic E-state index is 11.6. The molecule has 3 nitrogen and oxygen atoms in total. The lowest BCUT2D eigenvalue weighted by Gasteiger charge is -2.02. The molecule has 0 aliphatic carbocycles. The van der Waals surface area contributed by atoms with Gasteiger partial charge in [-0.2, -0.15) is 0 Å². The van der Waals surface area contributed by atoms with E-state index in [9.17, 15) is 8.42 Å². The highest BCUT2D eigenvalue weighted by atomic mass is 35.5. The first-order valence-corrected chi connectivity index (χ1v) is 6.89. The highest BCUT2D eigenvalue weighted by Gasteiger charge is 2.20. The molecule has 16 heavy (non-hydrogen) atoms. The van der Waals surface area contributed by atoms with Crippen molar-refractivity contribution in [1.29, 1.82) is 0 Å². The predicted molar refractivity (Wildman–Crippen MR) is 64.3 cm³/mol. The molecule has 0 aliphatic rings. The summed E-state index contributed by atoms with van der Waals surface area (Å²) in [4.78, 5) is 3.04. The highest BCUT2D eigenvalue weighted by Crippen LogP contribution is 2.32.